The lowest BCUT2D eigenvalue weighted by molar-refractivity contribution is 0.120. The van der Waals surface area contributed by atoms with Gasteiger partial charge in [-0.05, 0) is 70.8 Å². The van der Waals surface area contributed by atoms with Crippen molar-refractivity contribution >= 4 is 36.1 Å². The molecule has 0 aromatic heterocycles. The summed E-state index contributed by atoms with van der Waals surface area (Å²) in [6.07, 6.45) is 11.1. The van der Waals surface area contributed by atoms with E-state index in [4.69, 9.17) is 19.5 Å². The van der Waals surface area contributed by atoms with Crippen LogP contribution in [0.2, 0.25) is 0 Å². The van der Waals surface area contributed by atoms with Gasteiger partial charge in [0.05, 0.1) is 5.69 Å². The molecule has 0 atom stereocenters. The van der Waals surface area contributed by atoms with E-state index in [1.165, 1.54) is 6.08 Å². The third-order valence-electron chi connectivity index (χ3n) is 5.26. The predicted octanol–water partition coefficient (Wildman–Crippen LogP) is 7.27. The molecule has 0 N–H and O–H groups in total. The van der Waals surface area contributed by atoms with Gasteiger partial charge in [-0.2, -0.15) is 4.99 Å². The second-order valence-electron chi connectivity index (χ2n) is 7.77. The largest absolute Gasteiger partial charge is 0.458 e. The van der Waals surface area contributed by atoms with Crippen molar-refractivity contribution in [2.24, 2.45) is 4.99 Å². The second-order valence-corrected chi connectivity index (χ2v) is 7.77. The normalized spacial score (nSPS) is 10.6. The lowest BCUT2D eigenvalue weighted by atomic mass is 10.1. The molecular formula is C31H22N2O4. The standard InChI is InChI=1S/C31H22N2O4/c32-21-35-29-15-7-25(8-16-29)3-4-27-11-19-31(20-12-27)37-23-36-30-17-9-26(10-18-30)2-1-24-5-13-28(14-6-24)33-22-34/h1-20H,23H2/b2-1+,4-3+. The smallest absolute Gasteiger partial charge is 0.292 e. The van der Waals surface area contributed by atoms with Crippen molar-refractivity contribution in [3.8, 4) is 23.5 Å². The molecule has 0 spiro atoms. The lowest BCUT2D eigenvalue weighted by Gasteiger charge is -2.09. The fraction of sp³-hybridized carbons (Fsp3) is 0.0323. The molecule has 0 amide bonds. The molecule has 0 radical (unpaired) electrons. The zero-order chi connectivity index (χ0) is 25.7. The number of aliphatic imine (C=N–C) groups is 1. The first kappa shape index (κ1) is 24.7. The highest BCUT2D eigenvalue weighted by atomic mass is 16.7. The first-order valence-electron chi connectivity index (χ1n) is 11.4. The number of hydrogen-bond acceptors (Lipinski definition) is 6. The summed E-state index contributed by atoms with van der Waals surface area (Å²) in [4.78, 5) is 13.9. The molecule has 4 aromatic carbocycles. The van der Waals surface area contributed by atoms with E-state index in [1.54, 1.807) is 30.5 Å². The number of nitriles is 1. The summed E-state index contributed by atoms with van der Waals surface area (Å²) in [6, 6.07) is 30.0. The number of ether oxygens (including phenoxy) is 3. The van der Waals surface area contributed by atoms with E-state index in [0.29, 0.717) is 22.9 Å². The van der Waals surface area contributed by atoms with Crippen LogP contribution in [-0.2, 0) is 4.79 Å². The molecule has 4 rings (SSSR count). The highest BCUT2D eigenvalue weighted by Crippen LogP contribution is 2.19. The number of benzene rings is 4. The van der Waals surface area contributed by atoms with Crippen LogP contribution < -0.4 is 14.2 Å². The second kappa shape index (κ2) is 12.9. The maximum Gasteiger partial charge on any atom is 0.292 e. The van der Waals surface area contributed by atoms with E-state index in [2.05, 4.69) is 4.99 Å². The van der Waals surface area contributed by atoms with Gasteiger partial charge < -0.3 is 14.2 Å². The zero-order valence-electron chi connectivity index (χ0n) is 19.8. The van der Waals surface area contributed by atoms with Crippen LogP contribution in [0.5, 0.6) is 17.2 Å². The Morgan fingerprint density at radius 1 is 0.595 bits per heavy atom. The molecule has 0 heterocycles. The minimum Gasteiger partial charge on any atom is -0.458 e. The van der Waals surface area contributed by atoms with Crippen molar-refractivity contribution < 1.29 is 19.0 Å². The van der Waals surface area contributed by atoms with Crippen molar-refractivity contribution in [3.05, 3.63) is 119 Å². The summed E-state index contributed by atoms with van der Waals surface area (Å²) in [5, 5.41) is 8.54. The molecule has 0 saturated carbocycles. The van der Waals surface area contributed by atoms with Gasteiger partial charge in [-0.3, -0.25) is 0 Å². The molecule has 37 heavy (non-hydrogen) atoms. The SMILES string of the molecule is N#COc1ccc(/C=C/c2ccc(OCOc3ccc(/C=C/c4ccc(N=C=O)cc4)cc3)cc2)cc1. The van der Waals surface area contributed by atoms with E-state index in [1.807, 2.05) is 97.1 Å². The number of rotatable bonds is 10. The molecule has 0 fully saturated rings. The molecular weight excluding hydrogens is 464 g/mol. The van der Waals surface area contributed by atoms with Crippen molar-refractivity contribution in [2.45, 2.75) is 0 Å². The Kier molecular flexibility index (Phi) is 8.64. The van der Waals surface area contributed by atoms with Crippen LogP contribution in [0.15, 0.2) is 102 Å². The van der Waals surface area contributed by atoms with Gasteiger partial charge in [-0.1, -0.05) is 72.8 Å². The van der Waals surface area contributed by atoms with Gasteiger partial charge in [-0.15, -0.1) is 5.26 Å². The minimum atomic E-state index is 0.0944. The fourth-order valence-corrected chi connectivity index (χ4v) is 3.31. The first-order valence-corrected chi connectivity index (χ1v) is 11.4. The van der Waals surface area contributed by atoms with Crippen LogP contribution in [0.4, 0.5) is 5.69 Å². The van der Waals surface area contributed by atoms with Gasteiger partial charge in [0.2, 0.25) is 12.9 Å². The van der Waals surface area contributed by atoms with Gasteiger partial charge in [0, 0.05) is 0 Å². The molecule has 6 heteroatoms. The Labute approximate surface area is 215 Å². The van der Waals surface area contributed by atoms with Crippen molar-refractivity contribution in [1.82, 2.24) is 0 Å². The monoisotopic (exact) mass is 486 g/mol. The summed E-state index contributed by atoms with van der Waals surface area (Å²) < 4.78 is 16.2. The Hall–Kier alpha value is -5.37. The van der Waals surface area contributed by atoms with Crippen LogP contribution in [0.1, 0.15) is 22.3 Å². The Morgan fingerprint density at radius 2 is 0.973 bits per heavy atom. The maximum absolute atomic E-state index is 10.3. The Bertz CT molecular complexity index is 1440. The number of nitrogens with zero attached hydrogens (tertiary/aromatic N) is 2. The molecule has 4 aromatic rings. The van der Waals surface area contributed by atoms with Crippen LogP contribution in [0.25, 0.3) is 24.3 Å². The summed E-state index contributed by atoms with van der Waals surface area (Å²) >= 11 is 0. The molecule has 0 aliphatic heterocycles. The summed E-state index contributed by atoms with van der Waals surface area (Å²) in [5.41, 5.74) is 4.63. The zero-order valence-corrected chi connectivity index (χ0v) is 19.8. The lowest BCUT2D eigenvalue weighted by Crippen LogP contribution is -2.05. The van der Waals surface area contributed by atoms with Crippen LogP contribution in [-0.4, -0.2) is 12.9 Å². The van der Waals surface area contributed by atoms with Gasteiger partial charge in [0.1, 0.15) is 17.2 Å². The van der Waals surface area contributed by atoms with Crippen molar-refractivity contribution in [3.63, 3.8) is 0 Å². The van der Waals surface area contributed by atoms with Crippen molar-refractivity contribution in [2.75, 3.05) is 6.79 Å². The van der Waals surface area contributed by atoms with Crippen LogP contribution in [0, 0.1) is 11.5 Å². The van der Waals surface area contributed by atoms with E-state index < -0.39 is 0 Å². The topological polar surface area (TPSA) is 80.9 Å². The minimum absolute atomic E-state index is 0.0944. The van der Waals surface area contributed by atoms with Gasteiger partial charge >= 0.3 is 0 Å². The predicted molar refractivity (Wildman–Crippen MR) is 144 cm³/mol. The van der Waals surface area contributed by atoms with Gasteiger partial charge in [0.15, 0.2) is 0 Å². The average Bonchev–Trinajstić information content (AvgIpc) is 2.94. The van der Waals surface area contributed by atoms with Gasteiger partial charge in [-0.25, -0.2) is 4.79 Å². The summed E-state index contributed by atoms with van der Waals surface area (Å²) in [6.45, 7) is 0.0944. The number of carbonyl (C=O) groups excluding carboxylic acids is 1. The summed E-state index contributed by atoms with van der Waals surface area (Å²) in [5.74, 6) is 1.93. The highest BCUT2D eigenvalue weighted by Gasteiger charge is 1.98. The highest BCUT2D eigenvalue weighted by molar-refractivity contribution is 5.71. The third-order valence-corrected chi connectivity index (χ3v) is 5.26. The summed E-state index contributed by atoms with van der Waals surface area (Å²) in [7, 11) is 0. The van der Waals surface area contributed by atoms with Crippen molar-refractivity contribution in [1.29, 1.82) is 5.26 Å². The molecule has 0 aliphatic carbocycles. The Balaban J connectivity index is 1.23. The van der Waals surface area contributed by atoms with E-state index in [-0.39, 0.29) is 6.79 Å². The van der Waals surface area contributed by atoms with E-state index in [9.17, 15) is 4.79 Å². The fourth-order valence-electron chi connectivity index (χ4n) is 3.31. The molecule has 180 valence electrons. The quantitative estimate of drug-likeness (QED) is 0.0774. The van der Waals surface area contributed by atoms with Gasteiger partial charge in [0.25, 0.3) is 6.26 Å². The average molecular weight is 487 g/mol. The number of isocyanates is 1. The molecule has 0 aliphatic rings. The van der Waals surface area contributed by atoms with E-state index in [0.717, 1.165) is 22.3 Å². The molecule has 0 saturated heterocycles. The molecule has 6 nitrogen and oxygen atoms in total. The third kappa shape index (κ3) is 7.83. The van der Waals surface area contributed by atoms with Crippen LogP contribution >= 0.6 is 0 Å². The molecule has 0 bridgehead atoms. The van der Waals surface area contributed by atoms with E-state index >= 15 is 0 Å². The number of hydrogen-bond donors (Lipinski definition) is 0. The molecule has 0 unspecified atom stereocenters. The van der Waals surface area contributed by atoms with Crippen LogP contribution in [0.3, 0.4) is 0 Å². The Morgan fingerprint density at radius 3 is 1.35 bits per heavy atom. The maximum atomic E-state index is 10.3. The first-order chi connectivity index (χ1) is 18.2.